The fraction of sp³-hybridized carbons (Fsp3) is 0.389. The first-order valence-corrected chi connectivity index (χ1v) is 8.36. The SMILES string of the molecule is CC(=O)N1CCN(c2nc(C)cc(NCc3ccccc3F)n2)CC1. The van der Waals surface area contributed by atoms with Gasteiger partial charge in [-0.2, -0.15) is 4.98 Å². The molecule has 1 amide bonds. The van der Waals surface area contributed by atoms with Crippen LogP contribution in [0.5, 0.6) is 0 Å². The molecular weight excluding hydrogens is 321 g/mol. The van der Waals surface area contributed by atoms with Gasteiger partial charge in [-0.3, -0.25) is 4.79 Å². The molecule has 0 saturated carbocycles. The molecule has 7 heteroatoms. The van der Waals surface area contributed by atoms with Gasteiger partial charge in [0.1, 0.15) is 11.6 Å². The van der Waals surface area contributed by atoms with E-state index in [0.29, 0.717) is 50.1 Å². The molecule has 6 nitrogen and oxygen atoms in total. The number of carbonyl (C=O) groups is 1. The normalized spacial score (nSPS) is 14.5. The Hall–Kier alpha value is -2.70. The molecule has 0 unspecified atom stereocenters. The maximum atomic E-state index is 13.7. The Morgan fingerprint density at radius 3 is 2.60 bits per heavy atom. The van der Waals surface area contributed by atoms with E-state index in [1.54, 1.807) is 19.1 Å². The minimum absolute atomic E-state index is 0.0945. The van der Waals surface area contributed by atoms with Gasteiger partial charge in [-0.25, -0.2) is 9.37 Å². The summed E-state index contributed by atoms with van der Waals surface area (Å²) in [5.74, 6) is 1.16. The van der Waals surface area contributed by atoms with Gasteiger partial charge in [0.25, 0.3) is 0 Å². The number of rotatable bonds is 4. The van der Waals surface area contributed by atoms with Gasteiger partial charge in [-0.15, -0.1) is 0 Å². The number of anilines is 2. The van der Waals surface area contributed by atoms with Crippen LogP contribution in [0.4, 0.5) is 16.2 Å². The molecule has 0 radical (unpaired) electrons. The van der Waals surface area contributed by atoms with Crippen LogP contribution in [0.25, 0.3) is 0 Å². The highest BCUT2D eigenvalue weighted by molar-refractivity contribution is 5.73. The number of nitrogens with one attached hydrogen (secondary N) is 1. The van der Waals surface area contributed by atoms with Crippen LogP contribution in [0, 0.1) is 12.7 Å². The summed E-state index contributed by atoms with van der Waals surface area (Å²) in [4.78, 5) is 24.4. The Balaban J connectivity index is 1.69. The lowest BCUT2D eigenvalue weighted by Crippen LogP contribution is -2.48. The number of hydrogen-bond acceptors (Lipinski definition) is 5. The predicted octanol–water partition coefficient (Wildman–Crippen LogP) is 2.20. The van der Waals surface area contributed by atoms with Crippen LogP contribution in [0.15, 0.2) is 30.3 Å². The predicted molar refractivity (Wildman–Crippen MR) is 95.0 cm³/mol. The van der Waals surface area contributed by atoms with Crippen LogP contribution < -0.4 is 10.2 Å². The summed E-state index contributed by atoms with van der Waals surface area (Å²) < 4.78 is 13.7. The number of halogens is 1. The van der Waals surface area contributed by atoms with Gasteiger partial charge in [0.15, 0.2) is 0 Å². The smallest absolute Gasteiger partial charge is 0.227 e. The first-order chi connectivity index (χ1) is 12.0. The van der Waals surface area contributed by atoms with E-state index in [2.05, 4.69) is 20.2 Å². The number of benzene rings is 1. The number of nitrogens with zero attached hydrogens (tertiary/aromatic N) is 4. The standard InChI is InChI=1S/C18H22FN5O/c1-13-11-17(20-12-15-5-3-4-6-16(15)19)22-18(21-13)24-9-7-23(8-10-24)14(2)25/h3-6,11H,7-10,12H2,1-2H3,(H,20,21,22). The molecule has 1 aromatic carbocycles. The van der Waals surface area contributed by atoms with Gasteiger partial charge in [-0.1, -0.05) is 18.2 Å². The van der Waals surface area contributed by atoms with Gasteiger partial charge >= 0.3 is 0 Å². The van der Waals surface area contributed by atoms with Crippen LogP contribution in [0.1, 0.15) is 18.2 Å². The van der Waals surface area contributed by atoms with Crippen LogP contribution in [-0.2, 0) is 11.3 Å². The van der Waals surface area contributed by atoms with E-state index in [1.807, 2.05) is 24.0 Å². The second kappa shape index (κ2) is 7.46. The molecule has 0 atom stereocenters. The fourth-order valence-corrected chi connectivity index (χ4v) is 2.83. The van der Waals surface area contributed by atoms with E-state index >= 15 is 0 Å². The first-order valence-electron chi connectivity index (χ1n) is 8.36. The molecular formula is C18H22FN5O. The molecule has 2 aromatic rings. The van der Waals surface area contributed by atoms with Crippen molar-refractivity contribution in [2.45, 2.75) is 20.4 Å². The van der Waals surface area contributed by atoms with Crippen molar-refractivity contribution in [3.63, 3.8) is 0 Å². The van der Waals surface area contributed by atoms with E-state index < -0.39 is 0 Å². The highest BCUT2D eigenvalue weighted by Gasteiger charge is 2.21. The molecule has 3 rings (SSSR count). The Morgan fingerprint density at radius 2 is 1.92 bits per heavy atom. The molecule has 1 saturated heterocycles. The summed E-state index contributed by atoms with van der Waals surface area (Å²) in [7, 11) is 0. The van der Waals surface area contributed by atoms with Crippen molar-refractivity contribution < 1.29 is 9.18 Å². The third-order valence-electron chi connectivity index (χ3n) is 4.27. The zero-order valence-corrected chi connectivity index (χ0v) is 14.5. The van der Waals surface area contributed by atoms with Gasteiger partial charge in [0.2, 0.25) is 11.9 Å². The maximum absolute atomic E-state index is 13.7. The zero-order valence-electron chi connectivity index (χ0n) is 14.5. The largest absolute Gasteiger partial charge is 0.366 e. The van der Waals surface area contributed by atoms with Gasteiger partial charge < -0.3 is 15.1 Å². The average Bonchev–Trinajstić information content (AvgIpc) is 2.60. The summed E-state index contributed by atoms with van der Waals surface area (Å²) in [6.45, 7) is 6.61. The molecule has 0 spiro atoms. The molecule has 25 heavy (non-hydrogen) atoms. The fourth-order valence-electron chi connectivity index (χ4n) is 2.83. The Kier molecular flexibility index (Phi) is 5.11. The quantitative estimate of drug-likeness (QED) is 0.922. The maximum Gasteiger partial charge on any atom is 0.227 e. The topological polar surface area (TPSA) is 61.4 Å². The van der Waals surface area contributed by atoms with E-state index in [4.69, 9.17) is 0 Å². The number of piperazine rings is 1. The number of aryl methyl sites for hydroxylation is 1. The van der Waals surface area contributed by atoms with Crippen molar-refractivity contribution in [2.75, 3.05) is 36.4 Å². The van der Waals surface area contributed by atoms with Crippen LogP contribution in [-0.4, -0.2) is 47.0 Å². The summed E-state index contributed by atoms with van der Waals surface area (Å²) in [6, 6.07) is 8.52. The van der Waals surface area contributed by atoms with Crippen molar-refractivity contribution in [2.24, 2.45) is 0 Å². The number of aromatic nitrogens is 2. The number of carbonyl (C=O) groups excluding carboxylic acids is 1. The number of amides is 1. The minimum atomic E-state index is -0.235. The monoisotopic (exact) mass is 343 g/mol. The van der Waals surface area contributed by atoms with E-state index in [9.17, 15) is 9.18 Å². The molecule has 0 bridgehead atoms. The van der Waals surface area contributed by atoms with E-state index in [-0.39, 0.29) is 11.7 Å². The van der Waals surface area contributed by atoms with Crippen LogP contribution >= 0.6 is 0 Å². The molecule has 1 aliphatic rings. The Morgan fingerprint density at radius 1 is 1.20 bits per heavy atom. The van der Waals surface area contributed by atoms with Gasteiger partial charge in [-0.05, 0) is 13.0 Å². The molecule has 1 aliphatic heterocycles. The molecule has 2 heterocycles. The summed E-state index contributed by atoms with van der Waals surface area (Å²) >= 11 is 0. The van der Waals surface area contributed by atoms with E-state index in [1.165, 1.54) is 6.07 Å². The molecule has 132 valence electrons. The zero-order chi connectivity index (χ0) is 17.8. The average molecular weight is 343 g/mol. The summed E-state index contributed by atoms with van der Waals surface area (Å²) in [6.07, 6.45) is 0. The van der Waals surface area contributed by atoms with E-state index in [0.717, 1.165) is 5.69 Å². The summed E-state index contributed by atoms with van der Waals surface area (Å²) in [5.41, 5.74) is 1.44. The lowest BCUT2D eigenvalue weighted by Gasteiger charge is -2.34. The molecule has 1 aromatic heterocycles. The van der Waals surface area contributed by atoms with Crippen molar-refractivity contribution in [3.8, 4) is 0 Å². The van der Waals surface area contributed by atoms with Crippen molar-refractivity contribution in [3.05, 3.63) is 47.4 Å². The van der Waals surface area contributed by atoms with Crippen LogP contribution in [0.2, 0.25) is 0 Å². The van der Waals surface area contributed by atoms with Gasteiger partial charge in [0.05, 0.1) is 0 Å². The lowest BCUT2D eigenvalue weighted by molar-refractivity contribution is -0.129. The summed E-state index contributed by atoms with van der Waals surface area (Å²) in [5, 5.41) is 3.17. The third-order valence-corrected chi connectivity index (χ3v) is 4.27. The second-order valence-electron chi connectivity index (χ2n) is 6.13. The minimum Gasteiger partial charge on any atom is -0.366 e. The highest BCUT2D eigenvalue weighted by Crippen LogP contribution is 2.17. The number of hydrogen-bond donors (Lipinski definition) is 1. The van der Waals surface area contributed by atoms with Gasteiger partial charge in [0, 0.05) is 57.0 Å². The molecule has 1 fully saturated rings. The van der Waals surface area contributed by atoms with Crippen LogP contribution in [0.3, 0.4) is 0 Å². The second-order valence-corrected chi connectivity index (χ2v) is 6.13. The molecule has 0 aliphatic carbocycles. The van der Waals surface area contributed by atoms with Crippen molar-refractivity contribution in [1.29, 1.82) is 0 Å². The third kappa shape index (κ3) is 4.23. The Bertz CT molecular complexity index is 759. The Labute approximate surface area is 146 Å². The van der Waals surface area contributed by atoms with Crippen molar-refractivity contribution in [1.82, 2.24) is 14.9 Å². The lowest BCUT2D eigenvalue weighted by atomic mass is 10.2. The highest BCUT2D eigenvalue weighted by atomic mass is 19.1. The van der Waals surface area contributed by atoms with Crippen molar-refractivity contribution >= 4 is 17.7 Å². The first kappa shape index (κ1) is 17.1. The molecule has 1 N–H and O–H groups in total.